The van der Waals surface area contributed by atoms with Crippen LogP contribution in [0.4, 0.5) is 0 Å². The van der Waals surface area contributed by atoms with Crippen LogP contribution in [0.5, 0.6) is 0 Å². The van der Waals surface area contributed by atoms with Crippen LogP contribution >= 0.6 is 0 Å². The van der Waals surface area contributed by atoms with Crippen molar-refractivity contribution in [3.8, 4) is 22.6 Å². The lowest BCUT2D eigenvalue weighted by Gasteiger charge is -2.10. The Hall–Kier alpha value is -3.02. The van der Waals surface area contributed by atoms with Crippen molar-refractivity contribution < 1.29 is 4.79 Å². The maximum absolute atomic E-state index is 11.6. The SMILES string of the molecule is NC(=O)c1cccc(-c2ccccn2)c1-c1nnc[nH]1. The van der Waals surface area contributed by atoms with Crippen LogP contribution in [0.1, 0.15) is 10.4 Å². The van der Waals surface area contributed by atoms with E-state index in [1.165, 1.54) is 6.33 Å². The largest absolute Gasteiger partial charge is 0.366 e. The molecule has 98 valence electrons. The summed E-state index contributed by atoms with van der Waals surface area (Å²) in [6.07, 6.45) is 3.14. The Labute approximate surface area is 114 Å². The van der Waals surface area contributed by atoms with Gasteiger partial charge in [-0.15, -0.1) is 10.2 Å². The molecule has 0 saturated heterocycles. The Balaban J connectivity index is 2.30. The standard InChI is InChI=1S/C14H11N5O/c15-13(20)10-5-3-4-9(11-6-1-2-7-16-11)12(10)14-17-8-18-19-14/h1-8H,(H2,15,20)(H,17,18,19). The Kier molecular flexibility index (Phi) is 2.96. The summed E-state index contributed by atoms with van der Waals surface area (Å²) in [7, 11) is 0. The first-order valence-corrected chi connectivity index (χ1v) is 5.98. The first-order valence-electron chi connectivity index (χ1n) is 5.98. The fourth-order valence-electron chi connectivity index (χ4n) is 2.08. The lowest BCUT2D eigenvalue weighted by molar-refractivity contribution is 0.100. The zero-order valence-electron chi connectivity index (χ0n) is 10.4. The van der Waals surface area contributed by atoms with Crippen molar-refractivity contribution in [1.82, 2.24) is 20.2 Å². The third-order valence-corrected chi connectivity index (χ3v) is 2.92. The number of H-pyrrole nitrogens is 1. The van der Waals surface area contributed by atoms with Crippen molar-refractivity contribution in [2.45, 2.75) is 0 Å². The van der Waals surface area contributed by atoms with Crippen molar-refractivity contribution in [3.05, 3.63) is 54.5 Å². The number of amides is 1. The summed E-state index contributed by atoms with van der Waals surface area (Å²) in [5, 5.41) is 7.73. The number of nitrogens with two attached hydrogens (primary N) is 1. The van der Waals surface area contributed by atoms with Crippen LogP contribution < -0.4 is 5.73 Å². The van der Waals surface area contributed by atoms with E-state index in [-0.39, 0.29) is 0 Å². The van der Waals surface area contributed by atoms with Crippen LogP contribution in [0, 0.1) is 0 Å². The zero-order chi connectivity index (χ0) is 13.9. The molecule has 2 aromatic heterocycles. The van der Waals surface area contributed by atoms with Crippen molar-refractivity contribution in [2.75, 3.05) is 0 Å². The molecular weight excluding hydrogens is 254 g/mol. The molecule has 3 rings (SSSR count). The molecule has 1 aromatic carbocycles. The quantitative estimate of drug-likeness (QED) is 0.752. The van der Waals surface area contributed by atoms with Gasteiger partial charge in [0.2, 0.25) is 5.91 Å². The summed E-state index contributed by atoms with van der Waals surface area (Å²) in [5.41, 5.74) is 7.95. The van der Waals surface area contributed by atoms with Gasteiger partial charge in [0.25, 0.3) is 0 Å². The molecule has 0 saturated carbocycles. The van der Waals surface area contributed by atoms with Crippen LogP contribution in [0.3, 0.4) is 0 Å². The topological polar surface area (TPSA) is 97.6 Å². The molecule has 6 heteroatoms. The highest BCUT2D eigenvalue weighted by molar-refractivity contribution is 6.02. The summed E-state index contributed by atoms with van der Waals surface area (Å²) >= 11 is 0. The summed E-state index contributed by atoms with van der Waals surface area (Å²) in [6.45, 7) is 0. The number of benzene rings is 1. The van der Waals surface area contributed by atoms with E-state index in [2.05, 4.69) is 20.2 Å². The first kappa shape index (κ1) is 12.0. The molecule has 0 fully saturated rings. The van der Waals surface area contributed by atoms with Gasteiger partial charge in [-0.05, 0) is 18.2 Å². The van der Waals surface area contributed by atoms with Gasteiger partial charge in [-0.1, -0.05) is 18.2 Å². The van der Waals surface area contributed by atoms with E-state index < -0.39 is 5.91 Å². The maximum Gasteiger partial charge on any atom is 0.249 e. The smallest absolute Gasteiger partial charge is 0.249 e. The van der Waals surface area contributed by atoms with E-state index in [1.807, 2.05) is 24.3 Å². The molecule has 1 amide bonds. The number of pyridine rings is 1. The highest BCUT2D eigenvalue weighted by atomic mass is 16.1. The van der Waals surface area contributed by atoms with Gasteiger partial charge in [0.1, 0.15) is 6.33 Å². The third-order valence-electron chi connectivity index (χ3n) is 2.92. The molecule has 0 bridgehead atoms. The summed E-state index contributed by atoms with van der Waals surface area (Å²) < 4.78 is 0. The summed E-state index contributed by atoms with van der Waals surface area (Å²) in [6, 6.07) is 10.9. The van der Waals surface area contributed by atoms with Gasteiger partial charge in [-0.3, -0.25) is 9.78 Å². The number of aromatic nitrogens is 4. The van der Waals surface area contributed by atoms with Gasteiger partial charge in [-0.25, -0.2) is 0 Å². The van der Waals surface area contributed by atoms with Gasteiger partial charge in [0.05, 0.1) is 11.3 Å². The molecule has 6 nitrogen and oxygen atoms in total. The van der Waals surface area contributed by atoms with Crippen LogP contribution in [0.2, 0.25) is 0 Å². The van der Waals surface area contributed by atoms with Gasteiger partial charge in [-0.2, -0.15) is 0 Å². The Morgan fingerprint density at radius 3 is 2.70 bits per heavy atom. The number of aromatic amines is 1. The van der Waals surface area contributed by atoms with Crippen molar-refractivity contribution >= 4 is 5.91 Å². The molecule has 3 N–H and O–H groups in total. The fourth-order valence-corrected chi connectivity index (χ4v) is 2.08. The summed E-state index contributed by atoms with van der Waals surface area (Å²) in [4.78, 5) is 18.8. The van der Waals surface area contributed by atoms with E-state index in [0.717, 1.165) is 11.3 Å². The van der Waals surface area contributed by atoms with Crippen molar-refractivity contribution in [1.29, 1.82) is 0 Å². The lowest BCUT2D eigenvalue weighted by Crippen LogP contribution is -2.13. The number of carbonyl (C=O) groups excluding carboxylic acids is 1. The minimum absolute atomic E-state index is 0.380. The predicted molar refractivity (Wildman–Crippen MR) is 73.6 cm³/mol. The highest BCUT2D eigenvalue weighted by Gasteiger charge is 2.18. The van der Waals surface area contributed by atoms with Gasteiger partial charge >= 0.3 is 0 Å². The second-order valence-electron chi connectivity index (χ2n) is 4.14. The molecule has 3 aromatic rings. The Bertz CT molecular complexity index is 738. The molecule has 0 spiro atoms. The normalized spacial score (nSPS) is 10.4. The van der Waals surface area contributed by atoms with Gasteiger partial charge in [0, 0.05) is 17.3 Å². The minimum Gasteiger partial charge on any atom is -0.366 e. The number of hydrogen-bond donors (Lipinski definition) is 2. The number of hydrogen-bond acceptors (Lipinski definition) is 4. The van der Waals surface area contributed by atoms with E-state index in [0.29, 0.717) is 17.0 Å². The van der Waals surface area contributed by atoms with Gasteiger partial charge < -0.3 is 10.7 Å². The monoisotopic (exact) mass is 265 g/mol. The van der Waals surface area contributed by atoms with Crippen LogP contribution in [-0.4, -0.2) is 26.1 Å². The molecule has 0 atom stereocenters. The van der Waals surface area contributed by atoms with Crippen LogP contribution in [0.15, 0.2) is 48.9 Å². The summed E-state index contributed by atoms with van der Waals surface area (Å²) in [5.74, 6) is -0.0331. The zero-order valence-corrected chi connectivity index (χ0v) is 10.4. The molecule has 0 aliphatic heterocycles. The molecular formula is C14H11N5O. The molecule has 2 heterocycles. The fraction of sp³-hybridized carbons (Fsp3) is 0. The van der Waals surface area contributed by atoms with Crippen molar-refractivity contribution in [3.63, 3.8) is 0 Å². The number of nitrogens with zero attached hydrogens (tertiary/aromatic N) is 3. The molecule has 0 unspecified atom stereocenters. The lowest BCUT2D eigenvalue weighted by atomic mass is 9.97. The van der Waals surface area contributed by atoms with E-state index in [9.17, 15) is 4.79 Å². The Morgan fingerprint density at radius 2 is 2.05 bits per heavy atom. The van der Waals surface area contributed by atoms with E-state index in [4.69, 9.17) is 5.73 Å². The van der Waals surface area contributed by atoms with Crippen LogP contribution in [0.25, 0.3) is 22.6 Å². The first-order chi connectivity index (χ1) is 9.77. The average molecular weight is 265 g/mol. The second kappa shape index (κ2) is 4.93. The predicted octanol–water partition coefficient (Wildman–Crippen LogP) is 1.63. The van der Waals surface area contributed by atoms with E-state index >= 15 is 0 Å². The van der Waals surface area contributed by atoms with Gasteiger partial charge in [0.15, 0.2) is 5.82 Å². The highest BCUT2D eigenvalue weighted by Crippen LogP contribution is 2.31. The minimum atomic E-state index is -0.519. The van der Waals surface area contributed by atoms with E-state index in [1.54, 1.807) is 18.3 Å². The number of nitrogens with one attached hydrogen (secondary N) is 1. The Morgan fingerprint density at radius 1 is 1.15 bits per heavy atom. The molecule has 0 aliphatic rings. The number of rotatable bonds is 3. The number of primary amides is 1. The maximum atomic E-state index is 11.6. The third kappa shape index (κ3) is 2.03. The molecule has 20 heavy (non-hydrogen) atoms. The van der Waals surface area contributed by atoms with Crippen molar-refractivity contribution in [2.24, 2.45) is 5.73 Å². The number of carbonyl (C=O) groups is 1. The van der Waals surface area contributed by atoms with Crippen LogP contribution in [-0.2, 0) is 0 Å². The molecule has 0 radical (unpaired) electrons. The second-order valence-corrected chi connectivity index (χ2v) is 4.14. The average Bonchev–Trinajstić information content (AvgIpc) is 3.01. The molecule has 0 aliphatic carbocycles.